The van der Waals surface area contributed by atoms with E-state index in [4.69, 9.17) is 10.2 Å². The molecule has 48 valence electrons. The van der Waals surface area contributed by atoms with Crippen molar-refractivity contribution >= 4 is 5.97 Å². The van der Waals surface area contributed by atoms with Crippen LogP contribution in [0, 0.1) is 0 Å². The lowest BCUT2D eigenvalue weighted by Gasteiger charge is -2.02. The fourth-order valence-corrected chi connectivity index (χ4v) is 0.206. The van der Waals surface area contributed by atoms with E-state index in [0.717, 1.165) is 6.92 Å². The summed E-state index contributed by atoms with van der Waals surface area (Å²) in [5.74, 6) is -1.62. The minimum atomic E-state index is -2.16. The molecule has 0 aromatic carbocycles. The molecule has 2 N–H and O–H groups in total. The Bertz CT molecular complexity index is 91.3. The van der Waals surface area contributed by atoms with Gasteiger partial charge < -0.3 is 10.2 Å². The molecular formula is C4H7FO3. The maximum Gasteiger partial charge on any atom is 0.341 e. The zero-order valence-corrected chi connectivity index (χ0v) is 4.34. The molecule has 0 unspecified atom stereocenters. The Labute approximate surface area is 45.7 Å². The molecule has 0 aromatic heterocycles. The van der Waals surface area contributed by atoms with E-state index in [-0.39, 0.29) is 0 Å². The van der Waals surface area contributed by atoms with Gasteiger partial charge in [-0.1, -0.05) is 0 Å². The Hall–Kier alpha value is -0.640. The van der Waals surface area contributed by atoms with Crippen molar-refractivity contribution in [2.45, 2.75) is 19.2 Å². The van der Waals surface area contributed by atoms with Gasteiger partial charge in [0.1, 0.15) is 0 Å². The van der Waals surface area contributed by atoms with Gasteiger partial charge in [-0.25, -0.2) is 9.18 Å². The Morgan fingerprint density at radius 2 is 2.12 bits per heavy atom. The van der Waals surface area contributed by atoms with Crippen molar-refractivity contribution in [2.24, 2.45) is 0 Å². The largest absolute Gasteiger partial charge is 0.479 e. The van der Waals surface area contributed by atoms with Crippen molar-refractivity contribution in [3.8, 4) is 0 Å². The average Bonchev–Trinajstić information content (AvgIpc) is 1.64. The molecule has 0 amide bonds. The minimum Gasteiger partial charge on any atom is -0.479 e. The normalized spacial score (nSPS) is 17.4. The molecule has 4 heteroatoms. The summed E-state index contributed by atoms with van der Waals surface area (Å²) in [6, 6.07) is 0. The molecule has 0 heterocycles. The lowest BCUT2D eigenvalue weighted by atomic mass is 10.3. The van der Waals surface area contributed by atoms with Crippen molar-refractivity contribution in [3.05, 3.63) is 0 Å². The second kappa shape index (κ2) is 2.61. The zero-order chi connectivity index (χ0) is 6.73. The quantitative estimate of drug-likeness (QED) is 0.532. The van der Waals surface area contributed by atoms with Crippen LogP contribution in [-0.4, -0.2) is 28.5 Å². The first-order valence-corrected chi connectivity index (χ1v) is 2.10. The standard InChI is InChI=1S/C4H7FO3/c1-2(6)3(5)4(7)8/h2-3,6H,1H3,(H,7,8)/t2-,3-/m0/s1. The number of aliphatic hydroxyl groups excluding tert-OH is 1. The number of aliphatic carboxylic acids is 1. The molecule has 0 rings (SSSR count). The molecule has 0 aliphatic heterocycles. The van der Waals surface area contributed by atoms with E-state index in [1.54, 1.807) is 0 Å². The number of aliphatic hydroxyl groups is 1. The number of carboxylic acids is 1. The molecule has 0 saturated heterocycles. The van der Waals surface area contributed by atoms with Crippen LogP contribution >= 0.6 is 0 Å². The average molecular weight is 122 g/mol. The number of alkyl halides is 1. The Kier molecular flexibility index (Phi) is 2.41. The van der Waals surface area contributed by atoms with Crippen LogP contribution in [0.25, 0.3) is 0 Å². The number of hydrogen-bond donors (Lipinski definition) is 2. The molecule has 3 nitrogen and oxygen atoms in total. The highest BCUT2D eigenvalue weighted by atomic mass is 19.1. The van der Waals surface area contributed by atoms with Crippen LogP contribution in [-0.2, 0) is 4.79 Å². The highest BCUT2D eigenvalue weighted by Crippen LogP contribution is 1.96. The van der Waals surface area contributed by atoms with Crippen molar-refractivity contribution in [2.75, 3.05) is 0 Å². The smallest absolute Gasteiger partial charge is 0.341 e. The van der Waals surface area contributed by atoms with Gasteiger partial charge in [0.25, 0.3) is 0 Å². The summed E-state index contributed by atoms with van der Waals surface area (Å²) < 4.78 is 11.8. The summed E-state index contributed by atoms with van der Waals surface area (Å²) in [7, 11) is 0. The van der Waals surface area contributed by atoms with Gasteiger partial charge in [-0.2, -0.15) is 0 Å². The van der Waals surface area contributed by atoms with Gasteiger partial charge in [-0.05, 0) is 6.92 Å². The van der Waals surface area contributed by atoms with Crippen LogP contribution < -0.4 is 0 Å². The van der Waals surface area contributed by atoms with Crippen molar-refractivity contribution in [3.63, 3.8) is 0 Å². The third-order valence-corrected chi connectivity index (χ3v) is 0.659. The van der Waals surface area contributed by atoms with Crippen LogP contribution in [0.3, 0.4) is 0 Å². The Morgan fingerprint density at radius 3 is 2.12 bits per heavy atom. The third kappa shape index (κ3) is 1.88. The monoisotopic (exact) mass is 122 g/mol. The molecule has 0 bridgehead atoms. The van der Waals surface area contributed by atoms with Crippen molar-refractivity contribution in [1.82, 2.24) is 0 Å². The summed E-state index contributed by atoms with van der Waals surface area (Å²) >= 11 is 0. The summed E-state index contributed by atoms with van der Waals surface area (Å²) in [5, 5.41) is 16.1. The molecule has 2 atom stereocenters. The molecule has 0 aliphatic rings. The SMILES string of the molecule is C[C@H](O)[C@H](F)C(=O)O. The van der Waals surface area contributed by atoms with Gasteiger partial charge in [-0.15, -0.1) is 0 Å². The Balaban J connectivity index is 3.64. The summed E-state index contributed by atoms with van der Waals surface area (Å²) in [6.07, 6.45) is -3.58. The molecular weight excluding hydrogens is 115 g/mol. The lowest BCUT2D eigenvalue weighted by molar-refractivity contribution is -0.146. The predicted molar refractivity (Wildman–Crippen MR) is 24.2 cm³/mol. The van der Waals surface area contributed by atoms with Crippen molar-refractivity contribution < 1.29 is 19.4 Å². The first-order valence-electron chi connectivity index (χ1n) is 2.10. The topological polar surface area (TPSA) is 57.5 Å². The first kappa shape index (κ1) is 7.36. The van der Waals surface area contributed by atoms with E-state index < -0.39 is 18.2 Å². The van der Waals surface area contributed by atoms with Gasteiger partial charge in [0.15, 0.2) is 0 Å². The van der Waals surface area contributed by atoms with E-state index in [9.17, 15) is 9.18 Å². The van der Waals surface area contributed by atoms with Crippen LogP contribution in [0.4, 0.5) is 4.39 Å². The number of carboxylic acid groups (broad SMARTS) is 1. The molecule has 0 aliphatic carbocycles. The van der Waals surface area contributed by atoms with Crippen LogP contribution in [0.2, 0.25) is 0 Å². The third-order valence-electron chi connectivity index (χ3n) is 0.659. The number of halogens is 1. The van der Waals surface area contributed by atoms with E-state index in [0.29, 0.717) is 0 Å². The van der Waals surface area contributed by atoms with Crippen LogP contribution in [0.1, 0.15) is 6.92 Å². The second-order valence-electron chi connectivity index (χ2n) is 1.48. The zero-order valence-electron chi connectivity index (χ0n) is 4.34. The van der Waals surface area contributed by atoms with Gasteiger partial charge in [0, 0.05) is 0 Å². The van der Waals surface area contributed by atoms with Gasteiger partial charge in [-0.3, -0.25) is 0 Å². The summed E-state index contributed by atoms with van der Waals surface area (Å²) in [6.45, 7) is 1.08. The van der Waals surface area contributed by atoms with Crippen molar-refractivity contribution in [1.29, 1.82) is 0 Å². The van der Waals surface area contributed by atoms with Gasteiger partial charge >= 0.3 is 5.97 Å². The summed E-state index contributed by atoms with van der Waals surface area (Å²) in [5.41, 5.74) is 0. The number of hydrogen-bond acceptors (Lipinski definition) is 2. The fourth-order valence-electron chi connectivity index (χ4n) is 0.206. The number of rotatable bonds is 2. The Morgan fingerprint density at radius 1 is 1.75 bits per heavy atom. The predicted octanol–water partition coefficient (Wildman–Crippen LogP) is -0.210. The molecule has 0 spiro atoms. The van der Waals surface area contributed by atoms with Gasteiger partial charge in [0.05, 0.1) is 6.10 Å². The fraction of sp³-hybridized carbons (Fsp3) is 0.750. The van der Waals surface area contributed by atoms with E-state index >= 15 is 0 Å². The first-order chi connectivity index (χ1) is 3.55. The molecule has 0 aromatic rings. The van der Waals surface area contributed by atoms with Crippen LogP contribution in [0.5, 0.6) is 0 Å². The highest BCUT2D eigenvalue weighted by Gasteiger charge is 2.20. The molecule has 0 fully saturated rings. The highest BCUT2D eigenvalue weighted by molar-refractivity contribution is 5.72. The van der Waals surface area contributed by atoms with Crippen LogP contribution in [0.15, 0.2) is 0 Å². The molecule has 0 radical (unpaired) electrons. The maximum atomic E-state index is 11.8. The van der Waals surface area contributed by atoms with Gasteiger partial charge in [0.2, 0.25) is 6.17 Å². The molecule has 0 saturated carbocycles. The minimum absolute atomic E-state index is 1.08. The van der Waals surface area contributed by atoms with E-state index in [1.807, 2.05) is 0 Å². The second-order valence-corrected chi connectivity index (χ2v) is 1.48. The van der Waals surface area contributed by atoms with E-state index in [1.165, 1.54) is 0 Å². The van der Waals surface area contributed by atoms with E-state index in [2.05, 4.69) is 0 Å². The molecule has 8 heavy (non-hydrogen) atoms. The summed E-state index contributed by atoms with van der Waals surface area (Å²) in [4.78, 5) is 9.61. The maximum absolute atomic E-state index is 11.8. The lowest BCUT2D eigenvalue weighted by Crippen LogP contribution is -2.26. The number of carbonyl (C=O) groups is 1.